The lowest BCUT2D eigenvalue weighted by Gasteiger charge is -2.02. The highest BCUT2D eigenvalue weighted by Gasteiger charge is 2.10. The molecule has 0 aliphatic heterocycles. The zero-order valence-corrected chi connectivity index (χ0v) is 19.1. The molecule has 0 radical (unpaired) electrons. The van der Waals surface area contributed by atoms with Gasteiger partial charge in [-0.25, -0.2) is 9.97 Å². The largest absolute Gasteiger partial charge is 0.397 e. The minimum absolute atomic E-state index is 0.0539. The van der Waals surface area contributed by atoms with Crippen molar-refractivity contribution in [1.29, 1.82) is 0 Å². The average Bonchev–Trinajstić information content (AvgIpc) is 3.44. The number of imidazole rings is 2. The van der Waals surface area contributed by atoms with Crippen molar-refractivity contribution >= 4 is 10.1 Å². The van der Waals surface area contributed by atoms with Gasteiger partial charge in [0, 0.05) is 44.5 Å². The Bertz CT molecular complexity index is 787. The fourth-order valence-corrected chi connectivity index (χ4v) is 2.99. The third kappa shape index (κ3) is 14.5. The molecule has 0 unspecified atom stereocenters. The van der Waals surface area contributed by atoms with Crippen molar-refractivity contribution in [2.75, 3.05) is 13.2 Å². The van der Waals surface area contributed by atoms with Gasteiger partial charge in [-0.15, -0.1) is 0 Å². The van der Waals surface area contributed by atoms with E-state index in [0.29, 0.717) is 0 Å². The average molecular weight is 439 g/mol. The van der Waals surface area contributed by atoms with Crippen LogP contribution in [-0.2, 0) is 33.1 Å². The highest BCUT2D eigenvalue weighted by Crippen LogP contribution is 2.06. The van der Waals surface area contributed by atoms with Gasteiger partial charge in [0.25, 0.3) is 10.1 Å². The Balaban J connectivity index is 0.000000420. The third-order valence-electron chi connectivity index (χ3n) is 3.33. The highest BCUT2D eigenvalue weighted by molar-refractivity contribution is 7.85. The normalized spacial score (nSPS) is 9.90. The van der Waals surface area contributed by atoms with E-state index in [1.54, 1.807) is 63.2 Å². The van der Waals surface area contributed by atoms with E-state index in [1.165, 1.54) is 0 Å². The summed E-state index contributed by atoms with van der Waals surface area (Å²) in [7, 11) is -3.38. The molecule has 0 saturated heterocycles. The molecule has 0 aliphatic carbocycles. The lowest BCUT2D eigenvalue weighted by Crippen LogP contribution is -2.08. The SMILES string of the molecule is CCO.CCOS(=O)(=O)Cc1ccccc1.CCn1ccnc1.CCn1ccnc1. The van der Waals surface area contributed by atoms with E-state index in [0.717, 1.165) is 18.7 Å². The Hall–Kier alpha value is -2.49. The van der Waals surface area contributed by atoms with Crippen molar-refractivity contribution in [2.24, 2.45) is 0 Å². The van der Waals surface area contributed by atoms with Crippen LogP contribution in [0.25, 0.3) is 0 Å². The summed E-state index contributed by atoms with van der Waals surface area (Å²) in [4.78, 5) is 7.71. The highest BCUT2D eigenvalue weighted by atomic mass is 32.2. The molecule has 0 bridgehead atoms. The van der Waals surface area contributed by atoms with E-state index in [4.69, 9.17) is 5.11 Å². The molecule has 168 valence electrons. The Kier molecular flexibility index (Phi) is 15.9. The minimum atomic E-state index is -3.38. The summed E-state index contributed by atoms with van der Waals surface area (Å²) in [6.07, 6.45) is 11.1. The van der Waals surface area contributed by atoms with E-state index in [2.05, 4.69) is 28.0 Å². The van der Waals surface area contributed by atoms with Gasteiger partial charge in [-0.1, -0.05) is 30.3 Å². The zero-order chi connectivity index (χ0) is 22.7. The molecule has 2 heterocycles. The molecule has 30 heavy (non-hydrogen) atoms. The first-order chi connectivity index (χ1) is 14.4. The number of hydrogen-bond donors (Lipinski definition) is 1. The van der Waals surface area contributed by atoms with Gasteiger partial charge in [-0.2, -0.15) is 8.42 Å². The number of hydrogen-bond acceptors (Lipinski definition) is 6. The van der Waals surface area contributed by atoms with E-state index < -0.39 is 10.1 Å². The second-order valence-corrected chi connectivity index (χ2v) is 7.34. The van der Waals surface area contributed by atoms with Crippen molar-refractivity contribution in [2.45, 2.75) is 46.5 Å². The monoisotopic (exact) mass is 438 g/mol. The number of benzene rings is 1. The van der Waals surface area contributed by atoms with Crippen molar-refractivity contribution in [3.05, 3.63) is 73.3 Å². The van der Waals surface area contributed by atoms with Crippen LogP contribution in [0.15, 0.2) is 67.8 Å². The summed E-state index contributed by atoms with van der Waals surface area (Å²) in [5, 5.41) is 7.57. The number of aromatic nitrogens is 4. The van der Waals surface area contributed by atoms with Crippen molar-refractivity contribution in [1.82, 2.24) is 19.1 Å². The van der Waals surface area contributed by atoms with Crippen LogP contribution in [-0.4, -0.2) is 45.8 Å². The van der Waals surface area contributed by atoms with Crippen molar-refractivity contribution < 1.29 is 17.7 Å². The van der Waals surface area contributed by atoms with Gasteiger partial charge in [-0.05, 0) is 33.3 Å². The van der Waals surface area contributed by atoms with Crippen molar-refractivity contribution in [3.8, 4) is 0 Å². The third-order valence-corrected chi connectivity index (χ3v) is 4.61. The predicted octanol–water partition coefficient (Wildman–Crippen LogP) is 3.36. The maximum absolute atomic E-state index is 11.2. The van der Waals surface area contributed by atoms with E-state index in [-0.39, 0.29) is 19.0 Å². The summed E-state index contributed by atoms with van der Waals surface area (Å²) in [6, 6.07) is 8.97. The van der Waals surface area contributed by atoms with Crippen LogP contribution < -0.4 is 0 Å². The summed E-state index contributed by atoms with van der Waals surface area (Å²) >= 11 is 0. The van der Waals surface area contributed by atoms with Gasteiger partial charge in [0.15, 0.2) is 0 Å². The second kappa shape index (κ2) is 17.4. The Morgan fingerprint density at radius 1 is 0.900 bits per heavy atom. The Morgan fingerprint density at radius 3 is 1.67 bits per heavy atom. The van der Waals surface area contributed by atoms with E-state index >= 15 is 0 Å². The fourth-order valence-electron chi connectivity index (χ4n) is 1.95. The van der Waals surface area contributed by atoms with Crippen LogP contribution in [0.1, 0.15) is 33.3 Å². The first kappa shape index (κ1) is 27.5. The lowest BCUT2D eigenvalue weighted by molar-refractivity contribution is 0.318. The number of nitrogens with zero attached hydrogens (tertiary/aromatic N) is 4. The van der Waals surface area contributed by atoms with Crippen LogP contribution >= 0.6 is 0 Å². The smallest absolute Gasteiger partial charge is 0.271 e. The molecule has 0 fully saturated rings. The molecule has 0 aliphatic rings. The molecule has 0 saturated carbocycles. The molecule has 2 aromatic heterocycles. The van der Waals surface area contributed by atoms with Gasteiger partial charge in [0.05, 0.1) is 19.3 Å². The van der Waals surface area contributed by atoms with Gasteiger partial charge in [0.2, 0.25) is 0 Å². The maximum Gasteiger partial charge on any atom is 0.271 e. The molecule has 0 amide bonds. The molecular weight excluding hydrogens is 404 g/mol. The molecule has 0 atom stereocenters. The van der Waals surface area contributed by atoms with Crippen LogP contribution in [0, 0.1) is 0 Å². The summed E-state index contributed by atoms with van der Waals surface area (Å²) in [6.45, 7) is 9.97. The summed E-state index contributed by atoms with van der Waals surface area (Å²) < 4.78 is 31.0. The van der Waals surface area contributed by atoms with Crippen molar-refractivity contribution in [3.63, 3.8) is 0 Å². The van der Waals surface area contributed by atoms with Crippen LogP contribution in [0.4, 0.5) is 0 Å². The number of aliphatic hydroxyl groups is 1. The number of aryl methyl sites for hydroxylation is 2. The summed E-state index contributed by atoms with van der Waals surface area (Å²) in [5.74, 6) is -0.0539. The quantitative estimate of drug-likeness (QED) is 0.593. The Morgan fingerprint density at radius 2 is 1.37 bits per heavy atom. The van der Waals surface area contributed by atoms with E-state index in [1.807, 2.05) is 27.6 Å². The maximum atomic E-state index is 11.2. The fraction of sp³-hybridized carbons (Fsp3) is 0.429. The lowest BCUT2D eigenvalue weighted by atomic mass is 10.2. The molecule has 1 N–H and O–H groups in total. The predicted molar refractivity (Wildman–Crippen MR) is 119 cm³/mol. The van der Waals surface area contributed by atoms with Crippen LogP contribution in [0.3, 0.4) is 0 Å². The van der Waals surface area contributed by atoms with E-state index in [9.17, 15) is 8.42 Å². The minimum Gasteiger partial charge on any atom is -0.397 e. The molecular formula is C21H34N4O4S. The number of rotatable bonds is 6. The van der Waals surface area contributed by atoms with Gasteiger partial charge >= 0.3 is 0 Å². The first-order valence-corrected chi connectivity index (χ1v) is 11.4. The molecule has 1 aromatic carbocycles. The molecule has 0 spiro atoms. The molecule has 9 heteroatoms. The van der Waals surface area contributed by atoms with Gasteiger partial charge in [-0.3, -0.25) is 4.18 Å². The number of aliphatic hydroxyl groups excluding tert-OH is 1. The van der Waals surface area contributed by atoms with Crippen LogP contribution in [0.2, 0.25) is 0 Å². The topological polar surface area (TPSA) is 99.2 Å². The van der Waals surface area contributed by atoms with Gasteiger partial charge < -0.3 is 14.2 Å². The standard InChI is InChI=1S/C9H12O3S.2C5H8N2.C2H6O/c1-2-12-13(10,11)8-9-6-4-3-5-7-9;2*1-2-7-4-3-6-5-7;1-2-3/h3-7H,2,8H2,1H3;2*3-5H,2H2,1H3;3H,2H2,1H3. The Labute approximate surface area is 180 Å². The molecule has 3 rings (SSSR count). The van der Waals surface area contributed by atoms with Gasteiger partial charge in [0.1, 0.15) is 5.75 Å². The van der Waals surface area contributed by atoms with Crippen LogP contribution in [0.5, 0.6) is 0 Å². The summed E-state index contributed by atoms with van der Waals surface area (Å²) in [5.41, 5.74) is 0.746. The molecule has 8 nitrogen and oxygen atoms in total. The second-order valence-electron chi connectivity index (χ2n) is 5.70. The zero-order valence-electron chi connectivity index (χ0n) is 18.3. The molecule has 3 aromatic rings. The first-order valence-electron chi connectivity index (χ1n) is 9.85.